The molecule has 32 heavy (non-hydrogen) atoms. The first-order chi connectivity index (χ1) is 15.3. The smallest absolute Gasteiger partial charge is 0.355 e. The topological polar surface area (TPSA) is 106 Å². The first-order valence-corrected chi connectivity index (χ1v) is 10.6. The van der Waals surface area contributed by atoms with Crippen molar-refractivity contribution in [2.75, 3.05) is 19.1 Å². The fourth-order valence-electron chi connectivity index (χ4n) is 3.66. The SMILES string of the molecule is COC(=O)C1=C(C(=O)OC)N(c2c(Br)ccc(Cl)c2C)C(N)=C(C#N)C1c1ccccc1. The van der Waals surface area contributed by atoms with Gasteiger partial charge in [-0.3, -0.25) is 4.90 Å². The van der Waals surface area contributed by atoms with Gasteiger partial charge in [0.05, 0.1) is 43.0 Å². The number of ether oxygens (including phenoxy) is 2. The average molecular weight is 517 g/mol. The molecule has 1 aliphatic rings. The van der Waals surface area contributed by atoms with Crippen LogP contribution in [0.3, 0.4) is 0 Å². The molecule has 1 heterocycles. The van der Waals surface area contributed by atoms with Crippen LogP contribution in [-0.4, -0.2) is 26.2 Å². The largest absolute Gasteiger partial charge is 0.466 e. The van der Waals surface area contributed by atoms with Crippen molar-refractivity contribution in [1.29, 1.82) is 5.26 Å². The van der Waals surface area contributed by atoms with Crippen molar-refractivity contribution in [3.8, 4) is 6.07 Å². The number of allylic oxidation sites excluding steroid dienone is 1. The van der Waals surface area contributed by atoms with E-state index in [4.69, 9.17) is 26.8 Å². The second-order valence-electron chi connectivity index (χ2n) is 6.84. The molecular formula is C23H19BrClN3O4. The summed E-state index contributed by atoms with van der Waals surface area (Å²) in [6, 6.07) is 14.3. The monoisotopic (exact) mass is 515 g/mol. The van der Waals surface area contributed by atoms with E-state index in [0.29, 0.717) is 26.3 Å². The average Bonchev–Trinajstić information content (AvgIpc) is 2.81. The minimum Gasteiger partial charge on any atom is -0.466 e. The number of esters is 2. The number of nitriles is 1. The summed E-state index contributed by atoms with van der Waals surface area (Å²) in [5.74, 6) is -2.57. The van der Waals surface area contributed by atoms with Gasteiger partial charge >= 0.3 is 11.9 Å². The van der Waals surface area contributed by atoms with Crippen LogP contribution in [0.2, 0.25) is 5.02 Å². The van der Waals surface area contributed by atoms with Crippen LogP contribution < -0.4 is 10.6 Å². The van der Waals surface area contributed by atoms with Crippen LogP contribution in [-0.2, 0) is 19.1 Å². The highest BCUT2D eigenvalue weighted by Gasteiger charge is 2.43. The molecule has 9 heteroatoms. The van der Waals surface area contributed by atoms with E-state index in [-0.39, 0.29) is 22.7 Å². The number of nitrogens with two attached hydrogens (primary N) is 1. The molecule has 1 aliphatic heterocycles. The standard InChI is InChI=1S/C23H19BrClN3O4/c1-12-16(25)10-9-15(24)19(12)28-20(23(30)32-3)18(22(29)31-2)17(14(11-26)21(28)27)13-7-5-4-6-8-13/h4-10,17H,27H2,1-3H3. The normalized spacial score (nSPS) is 16.0. The summed E-state index contributed by atoms with van der Waals surface area (Å²) in [6.45, 7) is 1.73. The van der Waals surface area contributed by atoms with Crippen LogP contribution in [0.1, 0.15) is 17.0 Å². The Balaban J connectivity index is 2.49. The van der Waals surface area contributed by atoms with Crippen molar-refractivity contribution >= 4 is 45.2 Å². The third-order valence-electron chi connectivity index (χ3n) is 5.15. The summed E-state index contributed by atoms with van der Waals surface area (Å²) < 4.78 is 10.6. The molecule has 2 aromatic carbocycles. The molecule has 0 radical (unpaired) electrons. The lowest BCUT2D eigenvalue weighted by molar-refractivity contribution is -0.139. The second-order valence-corrected chi connectivity index (χ2v) is 8.10. The molecule has 2 aromatic rings. The molecule has 164 valence electrons. The zero-order chi connectivity index (χ0) is 23.6. The summed E-state index contributed by atoms with van der Waals surface area (Å²) >= 11 is 9.81. The molecular weight excluding hydrogens is 498 g/mol. The first-order valence-electron chi connectivity index (χ1n) is 9.38. The number of benzene rings is 2. The number of rotatable bonds is 4. The van der Waals surface area contributed by atoms with Crippen molar-refractivity contribution in [2.45, 2.75) is 12.8 Å². The number of methoxy groups -OCH3 is 2. The molecule has 0 saturated carbocycles. The van der Waals surface area contributed by atoms with E-state index in [2.05, 4.69) is 22.0 Å². The van der Waals surface area contributed by atoms with E-state index < -0.39 is 17.9 Å². The number of hydrogen-bond donors (Lipinski definition) is 1. The Morgan fingerprint density at radius 3 is 2.31 bits per heavy atom. The molecule has 0 amide bonds. The molecule has 0 spiro atoms. The summed E-state index contributed by atoms with van der Waals surface area (Å²) in [4.78, 5) is 27.4. The lowest BCUT2D eigenvalue weighted by atomic mass is 9.81. The van der Waals surface area contributed by atoms with E-state index in [1.807, 2.05) is 0 Å². The third-order valence-corrected chi connectivity index (χ3v) is 6.20. The minimum absolute atomic E-state index is 0.0273. The summed E-state index contributed by atoms with van der Waals surface area (Å²) in [5.41, 5.74) is 7.91. The van der Waals surface area contributed by atoms with Gasteiger partial charge in [0.2, 0.25) is 0 Å². The Labute approximate surface area is 198 Å². The predicted octanol–water partition coefficient (Wildman–Crippen LogP) is 4.31. The van der Waals surface area contributed by atoms with Gasteiger partial charge in [-0.05, 0) is 46.1 Å². The summed E-state index contributed by atoms with van der Waals surface area (Å²) in [6.07, 6.45) is 0. The maximum absolute atomic E-state index is 13.1. The Kier molecular flexibility index (Phi) is 6.92. The zero-order valence-electron chi connectivity index (χ0n) is 17.5. The third kappa shape index (κ3) is 3.85. The Morgan fingerprint density at radius 2 is 1.75 bits per heavy atom. The number of halogens is 2. The quantitative estimate of drug-likeness (QED) is 0.604. The molecule has 1 atom stereocenters. The van der Waals surface area contributed by atoms with E-state index in [1.165, 1.54) is 19.1 Å². The van der Waals surface area contributed by atoms with Crippen LogP contribution in [0.15, 0.2) is 69.6 Å². The number of carbonyl (C=O) groups excluding carboxylic acids is 2. The predicted molar refractivity (Wildman–Crippen MR) is 123 cm³/mol. The minimum atomic E-state index is -0.933. The van der Waals surface area contributed by atoms with Crippen LogP contribution in [0, 0.1) is 18.3 Å². The maximum Gasteiger partial charge on any atom is 0.355 e. The molecule has 2 N–H and O–H groups in total. The van der Waals surface area contributed by atoms with Gasteiger partial charge in [0.25, 0.3) is 0 Å². The van der Waals surface area contributed by atoms with Crippen molar-refractivity contribution in [1.82, 2.24) is 0 Å². The van der Waals surface area contributed by atoms with Gasteiger partial charge in [0.15, 0.2) is 0 Å². The summed E-state index contributed by atoms with van der Waals surface area (Å²) in [5, 5.41) is 10.5. The van der Waals surface area contributed by atoms with Crippen LogP contribution >= 0.6 is 27.5 Å². The Bertz CT molecular complexity index is 1200. The van der Waals surface area contributed by atoms with Crippen LogP contribution in [0.25, 0.3) is 0 Å². The lowest BCUT2D eigenvalue weighted by Gasteiger charge is -2.37. The van der Waals surface area contributed by atoms with Gasteiger partial charge in [0, 0.05) is 9.50 Å². The molecule has 0 saturated heterocycles. The van der Waals surface area contributed by atoms with Crippen molar-refractivity contribution in [3.63, 3.8) is 0 Å². The van der Waals surface area contributed by atoms with E-state index in [1.54, 1.807) is 49.4 Å². The first kappa shape index (κ1) is 23.4. The van der Waals surface area contributed by atoms with Crippen LogP contribution in [0.4, 0.5) is 5.69 Å². The van der Waals surface area contributed by atoms with Gasteiger partial charge in [-0.15, -0.1) is 0 Å². The Morgan fingerprint density at radius 1 is 1.12 bits per heavy atom. The highest BCUT2D eigenvalue weighted by Crippen LogP contribution is 2.46. The van der Waals surface area contributed by atoms with E-state index >= 15 is 0 Å². The second kappa shape index (κ2) is 9.47. The number of nitrogens with zero attached hydrogens (tertiary/aromatic N) is 2. The molecule has 0 aliphatic carbocycles. The van der Waals surface area contributed by atoms with E-state index in [0.717, 1.165) is 0 Å². The van der Waals surface area contributed by atoms with Gasteiger partial charge in [-0.1, -0.05) is 41.9 Å². The number of hydrogen-bond acceptors (Lipinski definition) is 7. The lowest BCUT2D eigenvalue weighted by Crippen LogP contribution is -2.41. The zero-order valence-corrected chi connectivity index (χ0v) is 19.8. The number of carbonyl (C=O) groups is 2. The maximum atomic E-state index is 13.1. The van der Waals surface area contributed by atoms with Gasteiger partial charge in [-0.2, -0.15) is 5.26 Å². The molecule has 0 aromatic heterocycles. The fourth-order valence-corrected chi connectivity index (χ4v) is 4.42. The Hall–Kier alpha value is -3.28. The van der Waals surface area contributed by atoms with Gasteiger partial charge < -0.3 is 15.2 Å². The molecule has 7 nitrogen and oxygen atoms in total. The fraction of sp³-hybridized carbons (Fsp3) is 0.174. The molecule has 1 unspecified atom stereocenters. The van der Waals surface area contributed by atoms with Crippen molar-refractivity contribution in [2.24, 2.45) is 5.73 Å². The van der Waals surface area contributed by atoms with Gasteiger partial charge in [0.1, 0.15) is 11.5 Å². The van der Waals surface area contributed by atoms with Crippen molar-refractivity contribution in [3.05, 3.63) is 85.8 Å². The van der Waals surface area contributed by atoms with Crippen molar-refractivity contribution < 1.29 is 19.1 Å². The van der Waals surface area contributed by atoms with E-state index in [9.17, 15) is 14.9 Å². The highest BCUT2D eigenvalue weighted by atomic mass is 79.9. The summed E-state index contributed by atoms with van der Waals surface area (Å²) in [7, 11) is 2.39. The molecule has 0 bridgehead atoms. The molecule has 3 rings (SSSR count). The highest BCUT2D eigenvalue weighted by molar-refractivity contribution is 9.10. The number of anilines is 1. The van der Waals surface area contributed by atoms with Gasteiger partial charge in [-0.25, -0.2) is 9.59 Å². The van der Waals surface area contributed by atoms with Crippen LogP contribution in [0.5, 0.6) is 0 Å². The molecule has 0 fully saturated rings.